The number of aromatic nitrogens is 1. The predicted octanol–water partition coefficient (Wildman–Crippen LogP) is 4.72. The van der Waals surface area contributed by atoms with Crippen LogP contribution in [0.3, 0.4) is 0 Å². The van der Waals surface area contributed by atoms with Gasteiger partial charge in [0.25, 0.3) is 0 Å². The van der Waals surface area contributed by atoms with Crippen molar-refractivity contribution in [1.82, 2.24) is 4.98 Å². The number of hydrogen-bond donors (Lipinski definition) is 2. The van der Waals surface area contributed by atoms with Gasteiger partial charge in [-0.15, -0.1) is 0 Å². The van der Waals surface area contributed by atoms with E-state index in [1.54, 1.807) is 48.8 Å². The Morgan fingerprint density at radius 1 is 1.12 bits per heavy atom. The Bertz CT molecular complexity index is 890. The third-order valence-electron chi connectivity index (χ3n) is 3.43. The van der Waals surface area contributed by atoms with Crippen molar-refractivity contribution in [3.05, 3.63) is 77.6 Å². The normalized spacial score (nSPS) is 11.8. The molecule has 0 spiro atoms. The Labute approximate surface area is 152 Å². The van der Waals surface area contributed by atoms with Crippen molar-refractivity contribution < 1.29 is 13.5 Å². The molecule has 0 bridgehead atoms. The first-order valence-corrected chi connectivity index (χ1v) is 8.92. The third-order valence-corrected chi connectivity index (χ3v) is 4.54. The van der Waals surface area contributed by atoms with Gasteiger partial charge in [-0.1, -0.05) is 23.7 Å². The van der Waals surface area contributed by atoms with Gasteiger partial charge in [0.05, 0.1) is 21.8 Å². The maximum absolute atomic E-state index is 11.6. The van der Waals surface area contributed by atoms with E-state index in [-0.39, 0.29) is 0 Å². The summed E-state index contributed by atoms with van der Waals surface area (Å²) in [6, 6.07) is 15.8. The zero-order chi connectivity index (χ0) is 17.6. The van der Waals surface area contributed by atoms with Crippen LogP contribution in [-0.4, -0.2) is 13.7 Å². The number of hydrogen-bond acceptors (Lipinski definition) is 4. The van der Waals surface area contributed by atoms with E-state index in [0.29, 0.717) is 33.5 Å². The van der Waals surface area contributed by atoms with Gasteiger partial charge in [0.1, 0.15) is 11.5 Å². The lowest BCUT2D eigenvalue weighted by atomic mass is 10.2. The van der Waals surface area contributed by atoms with Gasteiger partial charge in [0, 0.05) is 12.7 Å². The molecule has 7 heteroatoms. The number of anilines is 1. The molecule has 1 heterocycles. The Morgan fingerprint density at radius 3 is 2.68 bits per heavy atom. The molecule has 2 aromatic carbocycles. The summed E-state index contributed by atoms with van der Waals surface area (Å²) in [5, 5.41) is 3.75. The number of nitrogens with one attached hydrogen (secondary N) is 1. The largest absolute Gasteiger partial charge is 0.456 e. The van der Waals surface area contributed by atoms with Crippen molar-refractivity contribution >= 4 is 28.4 Å². The molecule has 3 rings (SSSR count). The van der Waals surface area contributed by atoms with Gasteiger partial charge in [-0.05, 0) is 48.0 Å². The standard InChI is InChI=1S/C18H15ClN2O3S/c19-16-5-1-2-6-17(16)21-11-13-10-14(7-8-18(13)25(22)23)24-15-4-3-9-20-12-15/h1-10,12,21H,11H2,(H,22,23). The first kappa shape index (κ1) is 17.4. The molecule has 0 aliphatic carbocycles. The molecular formula is C18H15ClN2O3S. The van der Waals surface area contributed by atoms with Gasteiger partial charge >= 0.3 is 0 Å². The van der Waals surface area contributed by atoms with Crippen molar-refractivity contribution in [2.75, 3.05) is 5.32 Å². The minimum atomic E-state index is -2.10. The highest BCUT2D eigenvalue weighted by Crippen LogP contribution is 2.27. The molecule has 0 amide bonds. The summed E-state index contributed by atoms with van der Waals surface area (Å²) in [6.07, 6.45) is 3.25. The molecule has 0 saturated heterocycles. The monoisotopic (exact) mass is 374 g/mol. The van der Waals surface area contributed by atoms with E-state index < -0.39 is 11.1 Å². The highest BCUT2D eigenvalue weighted by molar-refractivity contribution is 7.79. The van der Waals surface area contributed by atoms with Crippen molar-refractivity contribution in [3.8, 4) is 11.5 Å². The highest BCUT2D eigenvalue weighted by Gasteiger charge is 2.11. The molecule has 0 fully saturated rings. The fraction of sp³-hybridized carbons (Fsp3) is 0.0556. The number of benzene rings is 2. The summed E-state index contributed by atoms with van der Waals surface area (Å²) >= 11 is 4.03. The van der Waals surface area contributed by atoms with Gasteiger partial charge in [-0.25, -0.2) is 4.21 Å². The summed E-state index contributed by atoms with van der Waals surface area (Å²) < 4.78 is 26.8. The first-order chi connectivity index (χ1) is 12.1. The fourth-order valence-electron chi connectivity index (χ4n) is 2.27. The number of ether oxygens (including phenoxy) is 1. The second kappa shape index (κ2) is 8.11. The van der Waals surface area contributed by atoms with Gasteiger partial charge in [-0.2, -0.15) is 0 Å². The van der Waals surface area contributed by atoms with Crippen LogP contribution < -0.4 is 10.1 Å². The molecule has 0 aliphatic heterocycles. The Balaban J connectivity index is 1.83. The van der Waals surface area contributed by atoms with Crippen LogP contribution in [0.5, 0.6) is 11.5 Å². The van der Waals surface area contributed by atoms with Crippen molar-refractivity contribution in [1.29, 1.82) is 0 Å². The number of rotatable bonds is 6. The molecule has 25 heavy (non-hydrogen) atoms. The lowest BCUT2D eigenvalue weighted by Crippen LogP contribution is -2.05. The second-order valence-corrected chi connectivity index (χ2v) is 6.49. The molecule has 1 unspecified atom stereocenters. The second-order valence-electron chi connectivity index (χ2n) is 5.14. The van der Waals surface area contributed by atoms with Crippen LogP contribution in [0.25, 0.3) is 0 Å². The molecular weight excluding hydrogens is 360 g/mol. The van der Waals surface area contributed by atoms with Crippen LogP contribution in [0, 0.1) is 0 Å². The van der Waals surface area contributed by atoms with Crippen molar-refractivity contribution in [3.63, 3.8) is 0 Å². The SMILES string of the molecule is O=S(O)c1ccc(Oc2cccnc2)cc1CNc1ccccc1Cl. The summed E-state index contributed by atoms with van der Waals surface area (Å²) in [5.41, 5.74) is 1.39. The van der Waals surface area contributed by atoms with E-state index in [0.717, 1.165) is 5.69 Å². The Kier molecular flexibility index (Phi) is 5.65. The zero-order valence-corrected chi connectivity index (χ0v) is 14.6. The van der Waals surface area contributed by atoms with Crippen LogP contribution >= 0.6 is 11.6 Å². The summed E-state index contributed by atoms with van der Waals surface area (Å²) in [4.78, 5) is 4.31. The first-order valence-electron chi connectivity index (χ1n) is 7.43. The minimum Gasteiger partial charge on any atom is -0.456 e. The van der Waals surface area contributed by atoms with E-state index >= 15 is 0 Å². The van der Waals surface area contributed by atoms with Gasteiger partial charge in [-0.3, -0.25) is 4.98 Å². The van der Waals surface area contributed by atoms with Crippen molar-refractivity contribution in [2.24, 2.45) is 0 Å². The van der Waals surface area contributed by atoms with Gasteiger partial charge in [0.2, 0.25) is 0 Å². The number of halogens is 1. The van der Waals surface area contributed by atoms with Crippen LogP contribution in [-0.2, 0) is 17.6 Å². The van der Waals surface area contributed by atoms with Crippen LogP contribution in [0.1, 0.15) is 5.56 Å². The van der Waals surface area contributed by atoms with Gasteiger partial charge in [0.15, 0.2) is 11.1 Å². The van der Waals surface area contributed by atoms with E-state index in [2.05, 4.69) is 10.3 Å². The van der Waals surface area contributed by atoms with Crippen LogP contribution in [0.2, 0.25) is 5.02 Å². The zero-order valence-electron chi connectivity index (χ0n) is 13.1. The molecule has 3 aromatic rings. The topological polar surface area (TPSA) is 71.5 Å². The fourth-order valence-corrected chi connectivity index (χ4v) is 3.01. The summed E-state index contributed by atoms with van der Waals surface area (Å²) in [5.74, 6) is 1.14. The minimum absolute atomic E-state index is 0.318. The van der Waals surface area contributed by atoms with Crippen LogP contribution in [0.15, 0.2) is 71.9 Å². The van der Waals surface area contributed by atoms with Crippen molar-refractivity contribution in [2.45, 2.75) is 11.4 Å². The van der Waals surface area contributed by atoms with Crippen LogP contribution in [0.4, 0.5) is 5.69 Å². The molecule has 1 aromatic heterocycles. The summed E-state index contributed by atoms with van der Waals surface area (Å²) in [6.45, 7) is 0.329. The third kappa shape index (κ3) is 4.57. The molecule has 128 valence electrons. The number of nitrogens with zero attached hydrogens (tertiary/aromatic N) is 1. The molecule has 2 N–H and O–H groups in total. The Morgan fingerprint density at radius 2 is 1.96 bits per heavy atom. The molecule has 0 aliphatic rings. The molecule has 0 radical (unpaired) electrons. The number of pyridine rings is 1. The van der Waals surface area contributed by atoms with E-state index in [9.17, 15) is 8.76 Å². The molecule has 5 nitrogen and oxygen atoms in total. The lowest BCUT2D eigenvalue weighted by molar-refractivity contribution is 0.479. The lowest BCUT2D eigenvalue weighted by Gasteiger charge is -2.13. The predicted molar refractivity (Wildman–Crippen MR) is 98.6 cm³/mol. The van der Waals surface area contributed by atoms with E-state index in [1.807, 2.05) is 18.2 Å². The van der Waals surface area contributed by atoms with Gasteiger partial charge < -0.3 is 14.6 Å². The average Bonchev–Trinajstić information content (AvgIpc) is 2.62. The number of para-hydroxylation sites is 1. The quantitative estimate of drug-likeness (QED) is 0.611. The highest BCUT2D eigenvalue weighted by atomic mass is 35.5. The average molecular weight is 375 g/mol. The maximum atomic E-state index is 11.6. The smallest absolute Gasteiger partial charge is 0.186 e. The molecule has 1 atom stereocenters. The van der Waals surface area contributed by atoms with E-state index in [4.69, 9.17) is 16.3 Å². The Hall–Kier alpha value is -2.41. The summed E-state index contributed by atoms with van der Waals surface area (Å²) in [7, 11) is 0. The maximum Gasteiger partial charge on any atom is 0.186 e. The molecule has 0 saturated carbocycles. The van der Waals surface area contributed by atoms with E-state index in [1.165, 1.54) is 0 Å².